The minimum absolute atomic E-state index is 0.834. The van der Waals surface area contributed by atoms with E-state index >= 15 is 0 Å². The van der Waals surface area contributed by atoms with Gasteiger partial charge in [0.2, 0.25) is 0 Å². The van der Waals surface area contributed by atoms with Crippen LogP contribution < -0.4 is 0 Å². The summed E-state index contributed by atoms with van der Waals surface area (Å²) in [6.07, 6.45) is 9.75. The fraction of sp³-hybridized carbons (Fsp3) is 0.846. The molecule has 1 saturated carbocycles. The number of hydrogen-bond acceptors (Lipinski definition) is 0. The van der Waals surface area contributed by atoms with E-state index in [0.29, 0.717) is 0 Å². The predicted octanol–water partition coefficient (Wildman–Crippen LogP) is 4.56. The third kappa shape index (κ3) is 3.97. The Labute approximate surface area is 83.4 Å². The topological polar surface area (TPSA) is 0 Å². The van der Waals surface area contributed by atoms with E-state index in [-0.39, 0.29) is 0 Å². The third-order valence-corrected chi connectivity index (χ3v) is 3.23. The van der Waals surface area contributed by atoms with Gasteiger partial charge in [-0.15, -0.1) is 0 Å². The van der Waals surface area contributed by atoms with Crippen LogP contribution in [-0.2, 0) is 0 Å². The molecule has 76 valence electrons. The summed E-state index contributed by atoms with van der Waals surface area (Å²) in [5.41, 5.74) is 1.54. The average molecular weight is 180 g/mol. The van der Waals surface area contributed by atoms with Gasteiger partial charge < -0.3 is 0 Å². The predicted molar refractivity (Wildman–Crippen MR) is 59.8 cm³/mol. The summed E-state index contributed by atoms with van der Waals surface area (Å²) >= 11 is 0. The standard InChI is InChI=1S/C13H24/c1-11(2)9-10-12(3)13-7-5-4-6-8-13/h11,13H,3-10H2,1-2H3. The van der Waals surface area contributed by atoms with Crippen molar-refractivity contribution >= 4 is 0 Å². The van der Waals surface area contributed by atoms with Crippen molar-refractivity contribution in [3.8, 4) is 0 Å². The zero-order valence-corrected chi connectivity index (χ0v) is 9.31. The second-order valence-electron chi connectivity index (χ2n) is 4.93. The first kappa shape index (κ1) is 10.8. The molecule has 0 aliphatic heterocycles. The highest BCUT2D eigenvalue weighted by Crippen LogP contribution is 2.31. The molecule has 0 aromatic carbocycles. The average Bonchev–Trinajstić information content (AvgIpc) is 2.15. The summed E-state index contributed by atoms with van der Waals surface area (Å²) in [6.45, 7) is 8.85. The lowest BCUT2D eigenvalue weighted by Gasteiger charge is -2.24. The molecule has 0 aromatic heterocycles. The van der Waals surface area contributed by atoms with E-state index in [1.807, 2.05) is 0 Å². The second-order valence-corrected chi connectivity index (χ2v) is 4.93. The van der Waals surface area contributed by atoms with E-state index in [4.69, 9.17) is 0 Å². The van der Waals surface area contributed by atoms with E-state index in [1.165, 1.54) is 50.5 Å². The molecule has 0 atom stereocenters. The molecule has 0 heteroatoms. The van der Waals surface area contributed by atoms with Crippen molar-refractivity contribution in [2.45, 2.75) is 58.8 Å². The summed E-state index contributed by atoms with van der Waals surface area (Å²) < 4.78 is 0. The van der Waals surface area contributed by atoms with Crippen LogP contribution in [0.15, 0.2) is 12.2 Å². The van der Waals surface area contributed by atoms with Crippen LogP contribution >= 0.6 is 0 Å². The van der Waals surface area contributed by atoms with Crippen LogP contribution in [0.4, 0.5) is 0 Å². The molecule has 1 rings (SSSR count). The molecule has 0 aromatic rings. The van der Waals surface area contributed by atoms with Crippen LogP contribution in [0.5, 0.6) is 0 Å². The lowest BCUT2D eigenvalue weighted by molar-refractivity contribution is 0.389. The van der Waals surface area contributed by atoms with Gasteiger partial charge in [-0.05, 0) is 37.5 Å². The maximum absolute atomic E-state index is 4.25. The van der Waals surface area contributed by atoms with Gasteiger partial charge in [0.05, 0.1) is 0 Å². The normalized spacial score (nSPS) is 19.3. The van der Waals surface area contributed by atoms with Gasteiger partial charge in [0, 0.05) is 0 Å². The second kappa shape index (κ2) is 5.47. The first-order chi connectivity index (χ1) is 6.20. The van der Waals surface area contributed by atoms with Crippen molar-refractivity contribution in [3.05, 3.63) is 12.2 Å². The molecule has 0 nitrogen and oxygen atoms in total. The van der Waals surface area contributed by atoms with E-state index in [2.05, 4.69) is 20.4 Å². The quantitative estimate of drug-likeness (QED) is 0.556. The molecule has 13 heavy (non-hydrogen) atoms. The molecule has 0 spiro atoms. The van der Waals surface area contributed by atoms with Gasteiger partial charge in [0.1, 0.15) is 0 Å². The van der Waals surface area contributed by atoms with E-state index in [1.54, 1.807) is 0 Å². The first-order valence-corrected chi connectivity index (χ1v) is 5.88. The molecule has 0 unspecified atom stereocenters. The number of allylic oxidation sites excluding steroid dienone is 1. The van der Waals surface area contributed by atoms with Crippen molar-refractivity contribution in [3.63, 3.8) is 0 Å². The Kier molecular flexibility index (Phi) is 4.55. The molecule has 0 saturated heterocycles. The van der Waals surface area contributed by atoms with E-state index < -0.39 is 0 Å². The van der Waals surface area contributed by atoms with Crippen LogP contribution in [-0.4, -0.2) is 0 Å². The third-order valence-electron chi connectivity index (χ3n) is 3.23. The van der Waals surface area contributed by atoms with Gasteiger partial charge >= 0.3 is 0 Å². The summed E-state index contributed by atoms with van der Waals surface area (Å²) in [4.78, 5) is 0. The maximum Gasteiger partial charge on any atom is -0.0206 e. The van der Waals surface area contributed by atoms with Crippen molar-refractivity contribution in [2.24, 2.45) is 11.8 Å². The smallest absolute Gasteiger partial charge is 0.0206 e. The highest BCUT2D eigenvalue weighted by atomic mass is 14.2. The fourth-order valence-electron chi connectivity index (χ4n) is 2.19. The lowest BCUT2D eigenvalue weighted by Crippen LogP contribution is -2.09. The molecular weight excluding hydrogens is 156 g/mol. The first-order valence-electron chi connectivity index (χ1n) is 5.88. The Hall–Kier alpha value is -0.260. The van der Waals surface area contributed by atoms with Gasteiger partial charge in [-0.3, -0.25) is 0 Å². The van der Waals surface area contributed by atoms with Gasteiger partial charge in [-0.2, -0.15) is 0 Å². The minimum Gasteiger partial charge on any atom is -0.0996 e. The highest BCUT2D eigenvalue weighted by Gasteiger charge is 2.15. The molecule has 0 heterocycles. The van der Waals surface area contributed by atoms with Gasteiger partial charge in [-0.25, -0.2) is 0 Å². The Bertz CT molecular complexity index is 149. The van der Waals surface area contributed by atoms with Crippen LogP contribution in [0.3, 0.4) is 0 Å². The van der Waals surface area contributed by atoms with E-state index in [0.717, 1.165) is 11.8 Å². The lowest BCUT2D eigenvalue weighted by atomic mass is 9.82. The summed E-state index contributed by atoms with van der Waals surface area (Å²) in [5, 5.41) is 0. The van der Waals surface area contributed by atoms with Crippen molar-refractivity contribution in [1.82, 2.24) is 0 Å². The molecular formula is C13H24. The summed E-state index contributed by atoms with van der Waals surface area (Å²) in [6, 6.07) is 0. The Morgan fingerprint density at radius 2 is 1.85 bits per heavy atom. The Balaban J connectivity index is 2.21. The maximum atomic E-state index is 4.25. The van der Waals surface area contributed by atoms with Crippen LogP contribution in [0.2, 0.25) is 0 Å². The SMILES string of the molecule is C=C(CCC(C)C)C1CCCCC1. The number of rotatable bonds is 4. The molecule has 1 fully saturated rings. The molecule has 0 N–H and O–H groups in total. The largest absolute Gasteiger partial charge is 0.0996 e. The van der Waals surface area contributed by atoms with Gasteiger partial charge in [0.15, 0.2) is 0 Å². The highest BCUT2D eigenvalue weighted by molar-refractivity contribution is 5.01. The summed E-state index contributed by atoms with van der Waals surface area (Å²) in [7, 11) is 0. The fourth-order valence-corrected chi connectivity index (χ4v) is 2.19. The van der Waals surface area contributed by atoms with Gasteiger partial charge in [-0.1, -0.05) is 45.3 Å². The molecule has 0 bridgehead atoms. The van der Waals surface area contributed by atoms with Crippen molar-refractivity contribution < 1.29 is 0 Å². The zero-order valence-electron chi connectivity index (χ0n) is 9.31. The molecule has 0 radical (unpaired) electrons. The Morgan fingerprint density at radius 1 is 1.23 bits per heavy atom. The van der Waals surface area contributed by atoms with Crippen LogP contribution in [0.1, 0.15) is 58.8 Å². The van der Waals surface area contributed by atoms with Gasteiger partial charge in [0.25, 0.3) is 0 Å². The molecule has 1 aliphatic rings. The van der Waals surface area contributed by atoms with Crippen LogP contribution in [0, 0.1) is 11.8 Å². The van der Waals surface area contributed by atoms with Crippen molar-refractivity contribution in [2.75, 3.05) is 0 Å². The summed E-state index contributed by atoms with van der Waals surface area (Å²) in [5.74, 6) is 1.70. The molecule has 1 aliphatic carbocycles. The van der Waals surface area contributed by atoms with Crippen LogP contribution in [0.25, 0.3) is 0 Å². The number of hydrogen-bond donors (Lipinski definition) is 0. The monoisotopic (exact) mass is 180 g/mol. The Morgan fingerprint density at radius 3 is 2.38 bits per heavy atom. The van der Waals surface area contributed by atoms with Crippen molar-refractivity contribution in [1.29, 1.82) is 0 Å². The minimum atomic E-state index is 0.834. The van der Waals surface area contributed by atoms with E-state index in [9.17, 15) is 0 Å². The molecule has 0 amide bonds. The zero-order chi connectivity index (χ0) is 9.68.